The van der Waals surface area contributed by atoms with Crippen molar-refractivity contribution < 1.29 is 32.2 Å². The van der Waals surface area contributed by atoms with E-state index in [4.69, 9.17) is 32.4 Å². The van der Waals surface area contributed by atoms with Gasteiger partial charge in [0.1, 0.15) is 11.5 Å². The molecule has 2 aliphatic rings. The van der Waals surface area contributed by atoms with E-state index in [0.717, 1.165) is 74.2 Å². The van der Waals surface area contributed by atoms with Crippen molar-refractivity contribution in [3.63, 3.8) is 0 Å². The third kappa shape index (κ3) is 11.5. The van der Waals surface area contributed by atoms with Crippen molar-refractivity contribution in [3.05, 3.63) is 125 Å². The number of phenols is 1. The van der Waals surface area contributed by atoms with Gasteiger partial charge in [0.05, 0.1) is 8.95 Å². The third-order valence-corrected chi connectivity index (χ3v) is 19.3. The van der Waals surface area contributed by atoms with Crippen LogP contribution in [0.15, 0.2) is 79.2 Å². The van der Waals surface area contributed by atoms with E-state index in [1.165, 1.54) is 47.9 Å². The number of aromatic nitrogens is 1. The fourth-order valence-corrected chi connectivity index (χ4v) is 12.3. The number of benzene rings is 4. The largest absolute Gasteiger partial charge is 0.665 e. The molecule has 1 aromatic heterocycles. The van der Waals surface area contributed by atoms with E-state index in [-0.39, 0.29) is 5.04 Å². The Kier molecular flexibility index (Phi) is 16.3. The minimum Gasteiger partial charge on any atom is -0.665 e. The van der Waals surface area contributed by atoms with Gasteiger partial charge in [-0.15, -0.1) is 0 Å². The molecule has 0 fully saturated rings. The number of aromatic hydroxyl groups is 1. The SMILES string of the molecule is CC(C)(C)[Si](C)(C)Oc1c(Br)cc2c(c1-c1c(O)c(Br)cc3c1CCCC3)CCCC2.COc1ccccc1[CH]=[W]=[N]c1c(Cl)cccc1Cl.Cc1ccc(C)[n-]1. The summed E-state index contributed by atoms with van der Waals surface area (Å²) in [5.74, 6) is 2.17. The van der Waals surface area contributed by atoms with Gasteiger partial charge in [0.15, 0.2) is 0 Å². The molecule has 0 bridgehead atoms. The summed E-state index contributed by atoms with van der Waals surface area (Å²) in [7, 11) is -0.410. The fourth-order valence-electron chi connectivity index (χ4n) is 6.82. The Morgan fingerprint density at radius 2 is 1.33 bits per heavy atom. The minimum absolute atomic E-state index is 0.0956. The third-order valence-electron chi connectivity index (χ3n) is 10.9. The van der Waals surface area contributed by atoms with Crippen LogP contribution in [0.1, 0.15) is 85.7 Å². The zero-order valence-electron chi connectivity index (χ0n) is 34.2. The van der Waals surface area contributed by atoms with E-state index in [1.54, 1.807) is 19.2 Å². The average molecular weight is 1120 g/mol. The van der Waals surface area contributed by atoms with Crippen LogP contribution in [-0.4, -0.2) is 24.9 Å². The number of methoxy groups -OCH3 is 1. The van der Waals surface area contributed by atoms with Gasteiger partial charge in [-0.3, -0.25) is 0 Å². The van der Waals surface area contributed by atoms with Crippen LogP contribution in [0.5, 0.6) is 17.2 Å². The molecule has 7 rings (SSSR count). The first-order valence-corrected chi connectivity index (χ1v) is 27.7. The van der Waals surface area contributed by atoms with Crippen LogP contribution in [0.25, 0.3) is 11.1 Å². The van der Waals surface area contributed by atoms with Gasteiger partial charge in [0, 0.05) is 11.1 Å². The normalized spacial score (nSPS) is 13.5. The monoisotopic (exact) mass is 1120 g/mol. The van der Waals surface area contributed by atoms with Gasteiger partial charge < -0.3 is 14.5 Å². The maximum atomic E-state index is 11.4. The molecule has 11 heteroatoms. The summed E-state index contributed by atoms with van der Waals surface area (Å²) in [4.78, 5) is 4.11. The number of rotatable bonds is 6. The molecule has 0 spiro atoms. The summed E-state index contributed by atoms with van der Waals surface area (Å²) < 4.78 is 20.8. The van der Waals surface area contributed by atoms with Crippen LogP contribution in [0.4, 0.5) is 5.69 Å². The first-order chi connectivity index (χ1) is 27.0. The van der Waals surface area contributed by atoms with E-state index in [2.05, 4.69) is 90.7 Å². The standard InChI is InChI=1S/C26H34Br2O2Si.C8H8O.C6H3Cl2N.C6H8N.W/c1-26(2,3)31(4,5)30-25-21(28)15-17-11-7-9-13-19(17)23(25)22-18-12-8-6-10-16(18)14-20(27)24(22)29;1-7-5-3-4-6-8(7)9-2;7-4-2-1-3-5(8)6(4)9;1-5-3-4-6(2)7-5;/h14-15,29H,6-13H2,1-5H3;1,3-6H,2H3;1-3H;3-4H,1-2H3;/q;;;-1;. The van der Waals surface area contributed by atoms with Crippen molar-refractivity contribution in [1.82, 2.24) is 4.98 Å². The second kappa shape index (κ2) is 20.3. The predicted octanol–water partition coefficient (Wildman–Crippen LogP) is 14.7. The van der Waals surface area contributed by atoms with Crippen LogP contribution < -0.4 is 14.1 Å². The van der Waals surface area contributed by atoms with Crippen molar-refractivity contribution in [2.75, 3.05) is 7.11 Å². The average Bonchev–Trinajstić information content (AvgIpc) is 3.56. The van der Waals surface area contributed by atoms with E-state index in [1.807, 2.05) is 56.3 Å². The molecule has 4 aromatic carbocycles. The molecule has 5 nitrogen and oxygen atoms in total. The molecule has 304 valence electrons. The Morgan fingerprint density at radius 1 is 0.789 bits per heavy atom. The Hall–Kier alpha value is -2.32. The molecule has 0 saturated heterocycles. The number of aryl methyl sites for hydroxylation is 4. The maximum Gasteiger partial charge on any atom is -0.0607 e. The zero-order valence-corrected chi connectivity index (χ0v) is 42.8. The number of halogens is 4. The minimum atomic E-state index is -2.08. The molecule has 0 amide bonds. The predicted molar refractivity (Wildman–Crippen MR) is 246 cm³/mol. The summed E-state index contributed by atoms with van der Waals surface area (Å²) in [6.07, 6.45) is 9.05. The van der Waals surface area contributed by atoms with Gasteiger partial charge in [0.25, 0.3) is 8.32 Å². The van der Waals surface area contributed by atoms with Gasteiger partial charge in [-0.25, -0.2) is 0 Å². The molecule has 57 heavy (non-hydrogen) atoms. The first-order valence-electron chi connectivity index (χ1n) is 19.4. The van der Waals surface area contributed by atoms with Gasteiger partial charge in [-0.2, -0.15) is 11.4 Å². The van der Waals surface area contributed by atoms with Crippen molar-refractivity contribution >= 4 is 73.5 Å². The van der Waals surface area contributed by atoms with Crippen LogP contribution in [0.2, 0.25) is 28.2 Å². The topological polar surface area (TPSA) is 65.2 Å². The molecule has 0 radical (unpaired) electrons. The number of ether oxygens (including phenoxy) is 1. The number of hydrogen-bond acceptors (Lipinski definition) is 4. The fraction of sp³-hybridized carbons (Fsp3) is 0.370. The van der Waals surface area contributed by atoms with Gasteiger partial charge >= 0.3 is 130 Å². The molecular formula is C46H53Br2Cl2N2O3SiW-. The maximum absolute atomic E-state index is 11.4. The van der Waals surface area contributed by atoms with Gasteiger partial charge in [-0.1, -0.05) is 46.8 Å². The Balaban J connectivity index is 0.000000201. The van der Waals surface area contributed by atoms with Crippen molar-refractivity contribution in [2.45, 2.75) is 104 Å². The van der Waals surface area contributed by atoms with Crippen LogP contribution in [-0.2, 0) is 43.6 Å². The quantitative estimate of drug-likeness (QED) is 0.172. The molecule has 0 saturated carbocycles. The first kappa shape index (κ1) is 45.8. The molecule has 5 aromatic rings. The summed E-state index contributed by atoms with van der Waals surface area (Å²) in [5, 5.41) is 12.7. The molecule has 0 unspecified atom stereocenters. The van der Waals surface area contributed by atoms with Gasteiger partial charge in [-0.05, 0) is 136 Å². The smallest absolute Gasteiger partial charge is 0.0607 e. The summed E-state index contributed by atoms with van der Waals surface area (Å²) >= 11 is 18.6. The number of fused-ring (bicyclic) bond motifs is 2. The van der Waals surface area contributed by atoms with Crippen LogP contribution in [0, 0.1) is 13.8 Å². The number of phenolic OH excluding ortho intramolecular Hbond substituents is 1. The summed E-state index contributed by atoms with van der Waals surface area (Å²) in [6, 6.07) is 21.7. The van der Waals surface area contributed by atoms with Crippen molar-refractivity contribution in [2.24, 2.45) is 3.50 Å². The van der Waals surface area contributed by atoms with Crippen molar-refractivity contribution in [3.8, 4) is 28.4 Å². The molecule has 2 aliphatic carbocycles. The van der Waals surface area contributed by atoms with E-state index in [0.29, 0.717) is 21.5 Å². The van der Waals surface area contributed by atoms with E-state index in [9.17, 15) is 5.11 Å². The molecule has 1 heterocycles. The summed E-state index contributed by atoms with van der Waals surface area (Å²) in [6.45, 7) is 15.4. The second-order valence-electron chi connectivity index (χ2n) is 16.1. The number of nitrogens with zero attached hydrogens (tertiary/aromatic N) is 2. The Labute approximate surface area is 375 Å². The number of hydrogen-bond donors (Lipinski definition) is 1. The Morgan fingerprint density at radius 3 is 1.88 bits per heavy atom. The van der Waals surface area contributed by atoms with Crippen LogP contribution in [0.3, 0.4) is 0 Å². The molecule has 0 atom stereocenters. The van der Waals surface area contributed by atoms with Crippen LogP contribution >= 0.6 is 55.1 Å². The molecular weight excluding hydrogens is 1070 g/mol. The molecule has 1 N–H and O–H groups in total. The zero-order chi connectivity index (χ0) is 41.5. The molecule has 0 aliphatic heterocycles. The number of para-hydroxylation sites is 1. The van der Waals surface area contributed by atoms with E-state index < -0.39 is 26.2 Å². The van der Waals surface area contributed by atoms with Gasteiger partial charge in [0.2, 0.25) is 0 Å². The Bertz CT molecular complexity index is 2240. The van der Waals surface area contributed by atoms with E-state index >= 15 is 0 Å². The van der Waals surface area contributed by atoms with Crippen molar-refractivity contribution in [1.29, 1.82) is 0 Å². The summed E-state index contributed by atoms with van der Waals surface area (Å²) in [5.41, 5.74) is 11.6. The second-order valence-corrected chi connectivity index (χ2v) is 25.6.